The smallest absolute Gasteiger partial charge is 0.257 e. The van der Waals surface area contributed by atoms with Gasteiger partial charge in [-0.25, -0.2) is 4.98 Å². The number of aromatic nitrogens is 2. The number of amides is 1. The summed E-state index contributed by atoms with van der Waals surface area (Å²) >= 11 is 5.92. The molecule has 3 rings (SSSR count). The van der Waals surface area contributed by atoms with Crippen LogP contribution in [0, 0.1) is 13.8 Å². The van der Waals surface area contributed by atoms with E-state index in [9.17, 15) is 4.79 Å². The number of rotatable bonds is 7. The second-order valence-corrected chi connectivity index (χ2v) is 6.67. The van der Waals surface area contributed by atoms with E-state index in [-0.39, 0.29) is 5.91 Å². The Morgan fingerprint density at radius 3 is 2.74 bits per heavy atom. The topological polar surface area (TPSA) is 80.0 Å². The molecule has 2 N–H and O–H groups in total. The first-order valence-electron chi connectivity index (χ1n) is 8.71. The Labute approximate surface area is 162 Å². The van der Waals surface area contributed by atoms with Crippen molar-refractivity contribution in [2.24, 2.45) is 0 Å². The summed E-state index contributed by atoms with van der Waals surface area (Å²) in [5.74, 6) is 1.38. The molecule has 2 aromatic heterocycles. The summed E-state index contributed by atoms with van der Waals surface area (Å²) in [5.41, 5.74) is 3.24. The molecule has 0 unspecified atom stereocenters. The maximum Gasteiger partial charge on any atom is 0.257 e. The monoisotopic (exact) mass is 384 g/mol. The Bertz CT molecular complexity index is 902. The fourth-order valence-corrected chi connectivity index (χ4v) is 2.93. The van der Waals surface area contributed by atoms with Crippen LogP contribution in [-0.4, -0.2) is 22.6 Å². The van der Waals surface area contributed by atoms with Gasteiger partial charge in [-0.15, -0.1) is 0 Å². The molecule has 27 heavy (non-hydrogen) atoms. The summed E-state index contributed by atoms with van der Waals surface area (Å²) in [7, 11) is 0. The van der Waals surface area contributed by atoms with Crippen molar-refractivity contribution in [1.29, 1.82) is 0 Å². The molecule has 0 atom stereocenters. The zero-order valence-electron chi connectivity index (χ0n) is 15.3. The number of pyridine rings is 1. The van der Waals surface area contributed by atoms with Crippen LogP contribution in [0.15, 0.2) is 47.1 Å². The Balaban J connectivity index is 1.49. The summed E-state index contributed by atoms with van der Waals surface area (Å²) in [6, 6.07) is 10.6. The van der Waals surface area contributed by atoms with E-state index >= 15 is 0 Å². The SMILES string of the molecule is Cc1noc(C)c1CCCNc1ccc(C(=O)Nc2cccc(Cl)c2)cn1. The Kier molecular flexibility index (Phi) is 6.08. The highest BCUT2D eigenvalue weighted by molar-refractivity contribution is 6.30. The first kappa shape index (κ1) is 18.9. The van der Waals surface area contributed by atoms with Crippen molar-refractivity contribution >= 4 is 29.0 Å². The van der Waals surface area contributed by atoms with E-state index in [0.717, 1.165) is 42.2 Å². The second-order valence-electron chi connectivity index (χ2n) is 6.23. The molecule has 0 saturated carbocycles. The highest BCUT2D eigenvalue weighted by atomic mass is 35.5. The van der Waals surface area contributed by atoms with Crippen molar-refractivity contribution < 1.29 is 9.32 Å². The molecule has 0 fully saturated rings. The van der Waals surface area contributed by atoms with E-state index < -0.39 is 0 Å². The Hall–Kier alpha value is -2.86. The normalized spacial score (nSPS) is 10.6. The van der Waals surface area contributed by atoms with E-state index in [1.165, 1.54) is 0 Å². The fraction of sp³-hybridized carbons (Fsp3) is 0.250. The number of nitrogens with one attached hydrogen (secondary N) is 2. The van der Waals surface area contributed by atoms with Gasteiger partial charge in [0.1, 0.15) is 11.6 Å². The van der Waals surface area contributed by atoms with Gasteiger partial charge >= 0.3 is 0 Å². The van der Waals surface area contributed by atoms with Crippen molar-refractivity contribution in [1.82, 2.24) is 10.1 Å². The summed E-state index contributed by atoms with van der Waals surface area (Å²) < 4.78 is 5.17. The average Bonchev–Trinajstić information content (AvgIpc) is 2.97. The van der Waals surface area contributed by atoms with Crippen LogP contribution in [0.1, 0.15) is 33.8 Å². The molecule has 0 aliphatic heterocycles. The molecule has 0 bridgehead atoms. The van der Waals surface area contributed by atoms with Gasteiger partial charge in [0.15, 0.2) is 0 Å². The van der Waals surface area contributed by atoms with Gasteiger partial charge in [-0.2, -0.15) is 0 Å². The van der Waals surface area contributed by atoms with Crippen molar-refractivity contribution in [3.05, 3.63) is 70.2 Å². The number of anilines is 2. The van der Waals surface area contributed by atoms with Gasteiger partial charge < -0.3 is 15.2 Å². The highest BCUT2D eigenvalue weighted by Gasteiger charge is 2.09. The molecule has 0 radical (unpaired) electrons. The minimum absolute atomic E-state index is 0.227. The van der Waals surface area contributed by atoms with Gasteiger partial charge in [-0.3, -0.25) is 4.79 Å². The molecule has 0 spiro atoms. The van der Waals surface area contributed by atoms with Crippen molar-refractivity contribution in [3.8, 4) is 0 Å². The first-order chi connectivity index (χ1) is 13.0. The number of nitrogens with zero attached hydrogens (tertiary/aromatic N) is 2. The molecule has 0 saturated heterocycles. The molecule has 0 aliphatic carbocycles. The maximum absolute atomic E-state index is 12.3. The predicted octanol–water partition coefficient (Wildman–Crippen LogP) is 4.64. The van der Waals surface area contributed by atoms with Crippen LogP contribution in [-0.2, 0) is 6.42 Å². The Morgan fingerprint density at radius 2 is 2.07 bits per heavy atom. The number of aryl methyl sites for hydroxylation is 2. The lowest BCUT2D eigenvalue weighted by Gasteiger charge is -2.08. The molecule has 140 valence electrons. The Morgan fingerprint density at radius 1 is 1.22 bits per heavy atom. The predicted molar refractivity (Wildman–Crippen MR) is 106 cm³/mol. The number of hydrogen-bond donors (Lipinski definition) is 2. The third-order valence-electron chi connectivity index (χ3n) is 4.20. The second kappa shape index (κ2) is 8.68. The van der Waals surface area contributed by atoms with Crippen LogP contribution in [0.25, 0.3) is 0 Å². The lowest BCUT2D eigenvalue weighted by Crippen LogP contribution is -2.12. The average molecular weight is 385 g/mol. The van der Waals surface area contributed by atoms with E-state index in [1.54, 1.807) is 42.6 Å². The molecule has 6 nitrogen and oxygen atoms in total. The van der Waals surface area contributed by atoms with Crippen LogP contribution in [0.5, 0.6) is 0 Å². The van der Waals surface area contributed by atoms with Gasteiger partial charge in [0.25, 0.3) is 5.91 Å². The zero-order chi connectivity index (χ0) is 19.2. The quantitative estimate of drug-likeness (QED) is 0.580. The lowest BCUT2D eigenvalue weighted by molar-refractivity contribution is 0.102. The van der Waals surface area contributed by atoms with E-state index in [4.69, 9.17) is 16.1 Å². The summed E-state index contributed by atoms with van der Waals surface area (Å²) in [6.45, 7) is 4.65. The lowest BCUT2D eigenvalue weighted by atomic mass is 10.1. The largest absolute Gasteiger partial charge is 0.370 e. The van der Waals surface area contributed by atoms with Gasteiger partial charge in [0.05, 0.1) is 11.3 Å². The third-order valence-corrected chi connectivity index (χ3v) is 4.43. The van der Waals surface area contributed by atoms with E-state index in [1.807, 2.05) is 13.8 Å². The van der Waals surface area contributed by atoms with Crippen LogP contribution in [0.4, 0.5) is 11.5 Å². The number of carbonyl (C=O) groups is 1. The third kappa shape index (κ3) is 5.08. The van der Waals surface area contributed by atoms with E-state index in [0.29, 0.717) is 16.3 Å². The highest BCUT2D eigenvalue weighted by Crippen LogP contribution is 2.17. The number of hydrogen-bond acceptors (Lipinski definition) is 5. The van der Waals surface area contributed by atoms with Gasteiger partial charge in [-0.05, 0) is 57.0 Å². The molecule has 2 heterocycles. The molecular weight excluding hydrogens is 364 g/mol. The number of halogens is 1. The van der Waals surface area contributed by atoms with Crippen molar-refractivity contribution in [2.75, 3.05) is 17.2 Å². The minimum atomic E-state index is -0.227. The molecular formula is C20H21ClN4O2. The van der Waals surface area contributed by atoms with Gasteiger partial charge in [-0.1, -0.05) is 22.8 Å². The standard InChI is InChI=1S/C20H21ClN4O2/c1-13-18(14(2)27-25-13)7-4-10-22-19-9-8-15(12-23-19)20(26)24-17-6-3-5-16(21)11-17/h3,5-6,8-9,11-12H,4,7,10H2,1-2H3,(H,22,23)(H,24,26). The van der Waals surface area contributed by atoms with Crippen LogP contribution >= 0.6 is 11.6 Å². The van der Waals surface area contributed by atoms with Crippen LogP contribution < -0.4 is 10.6 Å². The van der Waals surface area contributed by atoms with Gasteiger partial charge in [0.2, 0.25) is 0 Å². The van der Waals surface area contributed by atoms with Crippen molar-refractivity contribution in [3.63, 3.8) is 0 Å². The minimum Gasteiger partial charge on any atom is -0.370 e. The molecule has 7 heteroatoms. The molecule has 0 aliphatic rings. The first-order valence-corrected chi connectivity index (χ1v) is 9.09. The van der Waals surface area contributed by atoms with Gasteiger partial charge in [0, 0.05) is 29.0 Å². The fourth-order valence-electron chi connectivity index (χ4n) is 2.74. The van der Waals surface area contributed by atoms with Crippen LogP contribution in [0.3, 0.4) is 0 Å². The summed E-state index contributed by atoms with van der Waals surface area (Å²) in [5, 5.41) is 10.6. The maximum atomic E-state index is 12.3. The zero-order valence-corrected chi connectivity index (χ0v) is 16.0. The number of carbonyl (C=O) groups excluding carboxylic acids is 1. The number of benzene rings is 1. The van der Waals surface area contributed by atoms with Crippen molar-refractivity contribution in [2.45, 2.75) is 26.7 Å². The van der Waals surface area contributed by atoms with E-state index in [2.05, 4.69) is 20.8 Å². The van der Waals surface area contributed by atoms with Crippen LogP contribution in [0.2, 0.25) is 5.02 Å². The summed E-state index contributed by atoms with van der Waals surface area (Å²) in [6.07, 6.45) is 3.38. The molecule has 1 amide bonds. The molecule has 3 aromatic rings. The molecule has 1 aromatic carbocycles. The summed E-state index contributed by atoms with van der Waals surface area (Å²) in [4.78, 5) is 16.6.